The summed E-state index contributed by atoms with van der Waals surface area (Å²) in [6.07, 6.45) is -22.0. The van der Waals surface area contributed by atoms with Crippen molar-refractivity contribution >= 4 is 0 Å². The van der Waals surface area contributed by atoms with E-state index in [9.17, 15) is 51.1 Å². The summed E-state index contributed by atoms with van der Waals surface area (Å²) >= 11 is 0. The molecule has 18 atom stereocenters. The van der Waals surface area contributed by atoms with E-state index >= 15 is 0 Å². The fraction of sp³-hybridized carbons (Fsp3) is 1.00. The molecule has 0 amide bonds. The van der Waals surface area contributed by atoms with E-state index in [0.29, 0.717) is 12.8 Å². The van der Waals surface area contributed by atoms with Crippen LogP contribution in [0.2, 0.25) is 0 Å². The molecule has 10 N–H and O–H groups in total. The summed E-state index contributed by atoms with van der Waals surface area (Å²) in [6.45, 7) is 1.98. The predicted octanol–water partition coefficient (Wildman–Crippen LogP) is -4.97. The van der Waals surface area contributed by atoms with Crippen molar-refractivity contribution in [2.75, 3.05) is 13.2 Å². The van der Waals surface area contributed by atoms with Gasteiger partial charge in [-0.1, -0.05) is 13.3 Å². The molecule has 0 radical (unpaired) electrons. The zero-order valence-electron chi connectivity index (χ0n) is 22.8. The van der Waals surface area contributed by atoms with Gasteiger partial charge in [0.2, 0.25) is 0 Å². The molecular weight excluding hydrogens is 556 g/mol. The zero-order chi connectivity index (χ0) is 30.2. The minimum atomic E-state index is -1.81. The van der Waals surface area contributed by atoms with Crippen LogP contribution in [0.1, 0.15) is 33.1 Å². The Morgan fingerprint density at radius 1 is 0.537 bits per heavy atom. The predicted molar refractivity (Wildman–Crippen MR) is 132 cm³/mol. The van der Waals surface area contributed by atoms with Gasteiger partial charge in [0.05, 0.1) is 31.5 Å². The zero-order valence-corrected chi connectivity index (χ0v) is 22.8. The normalized spacial score (nSPS) is 53.3. The molecule has 41 heavy (non-hydrogen) atoms. The number of hydrogen-bond donors (Lipinski definition) is 10. The van der Waals surface area contributed by atoms with Crippen LogP contribution in [0.5, 0.6) is 0 Å². The SMILES string of the molecule is CC1CCC[C@@H](O[C@@H]2O[C@@H](CO)[C@H](O)C(O[C@H]3O[C@@H](CO)[C@H](O)C(O)C3O)C2O)[C@@H]1OC1O[C@@H](C)[C@H](O)C(O)[C@@H]1O. The highest BCUT2D eigenvalue weighted by molar-refractivity contribution is 4.95. The molecule has 3 aliphatic heterocycles. The summed E-state index contributed by atoms with van der Waals surface area (Å²) in [5.74, 6) is -0.134. The Bertz CT molecular complexity index is 820. The molecule has 3 heterocycles. The van der Waals surface area contributed by atoms with E-state index < -0.39 is 118 Å². The van der Waals surface area contributed by atoms with Gasteiger partial charge in [0.1, 0.15) is 67.1 Å². The minimum Gasteiger partial charge on any atom is -0.394 e. The van der Waals surface area contributed by atoms with Crippen LogP contribution in [-0.2, 0) is 28.4 Å². The summed E-state index contributed by atoms with van der Waals surface area (Å²) in [7, 11) is 0. The average Bonchev–Trinajstić information content (AvgIpc) is 2.95. The molecule has 16 heteroatoms. The van der Waals surface area contributed by atoms with Crippen molar-refractivity contribution < 1.29 is 79.5 Å². The number of aliphatic hydroxyl groups is 10. The molecule has 1 aliphatic carbocycles. The van der Waals surface area contributed by atoms with Crippen LogP contribution >= 0.6 is 0 Å². The summed E-state index contributed by atoms with van der Waals surface area (Å²) < 4.78 is 34.4. The maximum Gasteiger partial charge on any atom is 0.187 e. The Kier molecular flexibility index (Phi) is 11.3. The Balaban J connectivity index is 1.48. The van der Waals surface area contributed by atoms with Crippen molar-refractivity contribution in [1.29, 1.82) is 0 Å². The molecule has 3 saturated heterocycles. The first-order valence-corrected chi connectivity index (χ1v) is 14.0. The van der Waals surface area contributed by atoms with E-state index in [0.717, 1.165) is 6.42 Å². The lowest BCUT2D eigenvalue weighted by atomic mass is 9.85. The number of ether oxygens (including phenoxy) is 6. The van der Waals surface area contributed by atoms with E-state index in [2.05, 4.69) is 0 Å². The van der Waals surface area contributed by atoms with Gasteiger partial charge in [-0.2, -0.15) is 0 Å². The van der Waals surface area contributed by atoms with Crippen LogP contribution in [-0.4, -0.2) is 169 Å². The largest absolute Gasteiger partial charge is 0.394 e. The first-order valence-electron chi connectivity index (χ1n) is 14.0. The topological polar surface area (TPSA) is 258 Å². The van der Waals surface area contributed by atoms with Gasteiger partial charge < -0.3 is 79.5 Å². The van der Waals surface area contributed by atoms with Crippen molar-refractivity contribution in [3.05, 3.63) is 0 Å². The van der Waals surface area contributed by atoms with E-state index in [1.54, 1.807) is 0 Å². The van der Waals surface area contributed by atoms with Gasteiger partial charge in [0.25, 0.3) is 0 Å². The van der Waals surface area contributed by atoms with Gasteiger partial charge in [0.15, 0.2) is 18.9 Å². The highest BCUT2D eigenvalue weighted by Gasteiger charge is 2.52. The molecule has 0 aromatic rings. The molecule has 0 spiro atoms. The number of rotatable bonds is 8. The van der Waals surface area contributed by atoms with Gasteiger partial charge in [0, 0.05) is 0 Å². The second-order valence-corrected chi connectivity index (χ2v) is 11.4. The lowest BCUT2D eigenvalue weighted by Crippen LogP contribution is -2.65. The second-order valence-electron chi connectivity index (χ2n) is 11.4. The third-order valence-corrected chi connectivity index (χ3v) is 8.45. The summed E-state index contributed by atoms with van der Waals surface area (Å²) in [6, 6.07) is 0. The Morgan fingerprint density at radius 3 is 1.66 bits per heavy atom. The standard InChI is InChI=1S/C25H44O16/c1-8-4-3-5-10(21(8)40-23-18(33)16(31)13(28)9(2)36-23)37-25-20(35)22(15(30)12(7-27)39-25)41-24-19(34)17(32)14(29)11(6-26)38-24/h8-35H,3-7H2,1-2H3/t8?,9-,10+,11-,12-,13-,14-,15-,16?,17?,18-,19?,20?,21+,22?,23?,24+,25+/m0/s1. The van der Waals surface area contributed by atoms with Crippen LogP contribution in [0.25, 0.3) is 0 Å². The van der Waals surface area contributed by atoms with Gasteiger partial charge in [-0.25, -0.2) is 0 Å². The fourth-order valence-electron chi connectivity index (χ4n) is 5.82. The summed E-state index contributed by atoms with van der Waals surface area (Å²) in [5.41, 5.74) is 0. The molecule has 0 bridgehead atoms. The van der Waals surface area contributed by atoms with Crippen molar-refractivity contribution in [3.63, 3.8) is 0 Å². The third-order valence-electron chi connectivity index (χ3n) is 8.45. The van der Waals surface area contributed by atoms with E-state index in [1.807, 2.05) is 6.92 Å². The Labute approximate surface area is 236 Å². The lowest BCUT2D eigenvalue weighted by Gasteiger charge is -2.48. The van der Waals surface area contributed by atoms with Crippen LogP contribution in [0.3, 0.4) is 0 Å². The number of aliphatic hydroxyl groups excluding tert-OH is 10. The van der Waals surface area contributed by atoms with E-state index in [1.165, 1.54) is 6.92 Å². The fourth-order valence-corrected chi connectivity index (χ4v) is 5.82. The van der Waals surface area contributed by atoms with Crippen molar-refractivity contribution in [2.45, 2.75) is 137 Å². The molecule has 240 valence electrons. The molecule has 16 nitrogen and oxygen atoms in total. The average molecular weight is 601 g/mol. The Morgan fingerprint density at radius 2 is 1.05 bits per heavy atom. The molecular formula is C25H44O16. The highest BCUT2D eigenvalue weighted by atomic mass is 16.8. The second kappa shape index (κ2) is 14.0. The lowest BCUT2D eigenvalue weighted by molar-refractivity contribution is -0.371. The van der Waals surface area contributed by atoms with Gasteiger partial charge >= 0.3 is 0 Å². The van der Waals surface area contributed by atoms with Crippen LogP contribution in [0, 0.1) is 5.92 Å². The minimum absolute atomic E-state index is 0.134. The van der Waals surface area contributed by atoms with Gasteiger partial charge in [-0.15, -0.1) is 0 Å². The van der Waals surface area contributed by atoms with Crippen LogP contribution in [0.4, 0.5) is 0 Å². The Hall–Kier alpha value is -0.640. The molecule has 7 unspecified atom stereocenters. The van der Waals surface area contributed by atoms with Crippen LogP contribution in [0.15, 0.2) is 0 Å². The molecule has 1 saturated carbocycles. The van der Waals surface area contributed by atoms with E-state index in [-0.39, 0.29) is 5.92 Å². The first-order chi connectivity index (χ1) is 19.4. The van der Waals surface area contributed by atoms with E-state index in [4.69, 9.17) is 28.4 Å². The van der Waals surface area contributed by atoms with Crippen LogP contribution < -0.4 is 0 Å². The highest BCUT2D eigenvalue weighted by Crippen LogP contribution is 2.36. The van der Waals surface area contributed by atoms with Crippen molar-refractivity contribution in [1.82, 2.24) is 0 Å². The molecule has 4 fully saturated rings. The van der Waals surface area contributed by atoms with Gasteiger partial charge in [-0.3, -0.25) is 0 Å². The summed E-state index contributed by atoms with van der Waals surface area (Å²) in [4.78, 5) is 0. The number of hydrogen-bond acceptors (Lipinski definition) is 16. The maximum atomic E-state index is 11.1. The van der Waals surface area contributed by atoms with Crippen molar-refractivity contribution in [3.8, 4) is 0 Å². The quantitative estimate of drug-likeness (QED) is 0.125. The summed E-state index contributed by atoms with van der Waals surface area (Å²) in [5, 5.41) is 102. The molecule has 4 aliphatic rings. The smallest absolute Gasteiger partial charge is 0.187 e. The maximum absolute atomic E-state index is 11.1. The third kappa shape index (κ3) is 6.88. The molecule has 4 rings (SSSR count). The molecule has 0 aromatic carbocycles. The van der Waals surface area contributed by atoms with Gasteiger partial charge in [-0.05, 0) is 25.7 Å². The monoisotopic (exact) mass is 600 g/mol. The molecule has 0 aromatic heterocycles. The first kappa shape index (κ1) is 33.3. The van der Waals surface area contributed by atoms with Crippen molar-refractivity contribution in [2.24, 2.45) is 5.92 Å².